The van der Waals surface area contributed by atoms with Crippen molar-refractivity contribution in [2.75, 3.05) is 36.4 Å². The van der Waals surface area contributed by atoms with Crippen LogP contribution in [-0.4, -0.2) is 49.8 Å². The van der Waals surface area contributed by atoms with Crippen LogP contribution in [0.4, 0.5) is 11.5 Å². The molecule has 5 rings (SSSR count). The van der Waals surface area contributed by atoms with Crippen LogP contribution in [0.5, 0.6) is 0 Å². The maximum absolute atomic E-state index is 13.0. The number of anilines is 2. The number of amides is 1. The van der Waals surface area contributed by atoms with Crippen molar-refractivity contribution in [2.24, 2.45) is 5.92 Å². The molecule has 0 aliphatic carbocycles. The molecular formula is C28H34N4O3S. The molecule has 2 fully saturated rings. The van der Waals surface area contributed by atoms with Crippen LogP contribution in [0.3, 0.4) is 0 Å². The SMILES string of the molecule is CC(C)c1ccc(NC(=O)[C@@H]2CCCN(c3ccc4cc(S(=O)(=O)N5CCCC5)ccc4n3)C2)cc1. The normalized spacial score (nSPS) is 19.2. The molecular weight excluding hydrogens is 472 g/mol. The van der Waals surface area contributed by atoms with Crippen molar-refractivity contribution >= 4 is 38.3 Å². The second-order valence-electron chi connectivity index (χ2n) is 10.2. The Hall–Kier alpha value is -2.97. The first kappa shape index (κ1) is 24.7. The molecule has 1 atom stereocenters. The zero-order valence-electron chi connectivity index (χ0n) is 21.0. The van der Waals surface area contributed by atoms with Gasteiger partial charge in [0.25, 0.3) is 0 Å². The first-order chi connectivity index (χ1) is 17.3. The zero-order chi connectivity index (χ0) is 25.3. The summed E-state index contributed by atoms with van der Waals surface area (Å²) in [5.41, 5.74) is 2.83. The first-order valence-corrected chi connectivity index (χ1v) is 14.3. The van der Waals surface area contributed by atoms with E-state index in [9.17, 15) is 13.2 Å². The summed E-state index contributed by atoms with van der Waals surface area (Å²) in [6.07, 6.45) is 3.59. The Balaban J connectivity index is 1.28. The molecule has 3 aromatic rings. The average Bonchev–Trinajstić information content (AvgIpc) is 3.45. The van der Waals surface area contributed by atoms with E-state index in [2.05, 4.69) is 36.2 Å². The lowest BCUT2D eigenvalue weighted by Gasteiger charge is -2.33. The lowest BCUT2D eigenvalue weighted by atomic mass is 9.96. The third-order valence-electron chi connectivity index (χ3n) is 7.31. The van der Waals surface area contributed by atoms with E-state index >= 15 is 0 Å². The van der Waals surface area contributed by atoms with E-state index in [1.54, 1.807) is 22.5 Å². The van der Waals surface area contributed by atoms with E-state index in [1.807, 2.05) is 24.3 Å². The maximum atomic E-state index is 13.0. The van der Waals surface area contributed by atoms with Crippen molar-refractivity contribution in [3.8, 4) is 0 Å². The number of aromatic nitrogens is 1. The third kappa shape index (κ3) is 5.11. The maximum Gasteiger partial charge on any atom is 0.243 e. The number of sulfonamides is 1. The Kier molecular flexibility index (Phi) is 6.99. The van der Waals surface area contributed by atoms with E-state index in [0.717, 1.165) is 54.6 Å². The Labute approximate surface area is 213 Å². The monoisotopic (exact) mass is 506 g/mol. The number of carbonyl (C=O) groups is 1. The van der Waals surface area contributed by atoms with Gasteiger partial charge in [-0.2, -0.15) is 4.31 Å². The molecule has 0 bridgehead atoms. The van der Waals surface area contributed by atoms with E-state index in [0.29, 0.717) is 30.4 Å². The van der Waals surface area contributed by atoms with Crippen molar-refractivity contribution in [1.82, 2.24) is 9.29 Å². The number of benzene rings is 2. The minimum Gasteiger partial charge on any atom is -0.356 e. The highest BCUT2D eigenvalue weighted by Gasteiger charge is 2.28. The average molecular weight is 507 g/mol. The molecule has 2 aromatic carbocycles. The number of nitrogens with zero attached hydrogens (tertiary/aromatic N) is 3. The van der Waals surface area contributed by atoms with Crippen LogP contribution in [0, 0.1) is 5.92 Å². The smallest absolute Gasteiger partial charge is 0.243 e. The van der Waals surface area contributed by atoms with E-state index in [1.165, 1.54) is 5.56 Å². The van der Waals surface area contributed by atoms with Crippen molar-refractivity contribution in [3.63, 3.8) is 0 Å². The highest BCUT2D eigenvalue weighted by atomic mass is 32.2. The van der Waals surface area contributed by atoms with Crippen molar-refractivity contribution in [2.45, 2.75) is 50.3 Å². The van der Waals surface area contributed by atoms with E-state index in [4.69, 9.17) is 4.98 Å². The highest BCUT2D eigenvalue weighted by Crippen LogP contribution is 2.28. The summed E-state index contributed by atoms with van der Waals surface area (Å²) >= 11 is 0. The van der Waals surface area contributed by atoms with Gasteiger partial charge in [0.2, 0.25) is 15.9 Å². The van der Waals surface area contributed by atoms with Crippen LogP contribution in [0.2, 0.25) is 0 Å². The fraction of sp³-hybridized carbons (Fsp3) is 0.429. The Morgan fingerprint density at radius 1 is 0.972 bits per heavy atom. The van der Waals surface area contributed by atoms with Crippen LogP contribution < -0.4 is 10.2 Å². The molecule has 2 saturated heterocycles. The number of hydrogen-bond donors (Lipinski definition) is 1. The summed E-state index contributed by atoms with van der Waals surface area (Å²) in [5, 5.41) is 3.88. The summed E-state index contributed by atoms with van der Waals surface area (Å²) in [6, 6.07) is 17.1. The number of pyridine rings is 1. The third-order valence-corrected chi connectivity index (χ3v) is 9.20. The molecule has 0 unspecified atom stereocenters. The molecule has 2 aliphatic heterocycles. The minimum atomic E-state index is -3.46. The van der Waals surface area contributed by atoms with Crippen molar-refractivity contribution < 1.29 is 13.2 Å². The van der Waals surface area contributed by atoms with Gasteiger partial charge in [-0.05, 0) is 79.6 Å². The second-order valence-corrected chi connectivity index (χ2v) is 12.1. The molecule has 0 spiro atoms. The predicted octanol–water partition coefficient (Wildman–Crippen LogP) is 5.00. The lowest BCUT2D eigenvalue weighted by molar-refractivity contribution is -0.120. The van der Waals surface area contributed by atoms with E-state index < -0.39 is 10.0 Å². The topological polar surface area (TPSA) is 82.6 Å². The quantitative estimate of drug-likeness (QED) is 0.509. The molecule has 8 heteroatoms. The van der Waals surface area contributed by atoms with Gasteiger partial charge in [-0.3, -0.25) is 4.79 Å². The van der Waals surface area contributed by atoms with Gasteiger partial charge >= 0.3 is 0 Å². The zero-order valence-corrected chi connectivity index (χ0v) is 21.8. The van der Waals surface area contributed by atoms with Gasteiger partial charge in [0, 0.05) is 37.3 Å². The molecule has 2 aliphatic rings. The van der Waals surface area contributed by atoms with Crippen molar-refractivity contribution in [3.05, 3.63) is 60.2 Å². The second kappa shape index (κ2) is 10.2. The number of piperidine rings is 1. The predicted molar refractivity (Wildman–Crippen MR) is 144 cm³/mol. The van der Waals surface area contributed by atoms with Gasteiger partial charge in [0.05, 0.1) is 16.3 Å². The van der Waals surface area contributed by atoms with Gasteiger partial charge in [-0.15, -0.1) is 0 Å². The largest absolute Gasteiger partial charge is 0.356 e. The lowest BCUT2D eigenvalue weighted by Crippen LogP contribution is -2.41. The van der Waals surface area contributed by atoms with Gasteiger partial charge in [-0.1, -0.05) is 26.0 Å². The first-order valence-electron chi connectivity index (χ1n) is 12.9. The summed E-state index contributed by atoms with van der Waals surface area (Å²) in [5.74, 6) is 1.19. The number of nitrogens with one attached hydrogen (secondary N) is 1. The standard InChI is InChI=1S/C28H34N4O3S/c1-20(2)21-7-10-24(11-8-21)29-28(33)23-6-5-15-31(19-23)27-14-9-22-18-25(12-13-26(22)30-27)36(34,35)32-16-3-4-17-32/h7-14,18,20,23H,3-6,15-17,19H2,1-2H3,(H,29,33)/t23-/m1/s1. The molecule has 36 heavy (non-hydrogen) atoms. The van der Waals surface area contributed by atoms with Crippen LogP contribution in [0.15, 0.2) is 59.5 Å². The Morgan fingerprint density at radius 3 is 2.44 bits per heavy atom. The molecule has 1 aromatic heterocycles. The number of fused-ring (bicyclic) bond motifs is 1. The summed E-state index contributed by atoms with van der Waals surface area (Å²) in [6.45, 7) is 6.93. The highest BCUT2D eigenvalue weighted by molar-refractivity contribution is 7.89. The summed E-state index contributed by atoms with van der Waals surface area (Å²) < 4.78 is 27.4. The molecule has 190 valence electrons. The molecule has 3 heterocycles. The minimum absolute atomic E-state index is 0.0366. The molecule has 0 saturated carbocycles. The van der Waals surface area contributed by atoms with Gasteiger partial charge in [0.15, 0.2) is 0 Å². The van der Waals surface area contributed by atoms with Crippen LogP contribution in [0.25, 0.3) is 10.9 Å². The van der Waals surface area contributed by atoms with Crippen molar-refractivity contribution in [1.29, 1.82) is 0 Å². The van der Waals surface area contributed by atoms with Gasteiger partial charge < -0.3 is 10.2 Å². The molecule has 1 amide bonds. The number of carbonyl (C=O) groups excluding carboxylic acids is 1. The van der Waals surface area contributed by atoms with Crippen LogP contribution >= 0.6 is 0 Å². The summed E-state index contributed by atoms with van der Waals surface area (Å²) in [4.78, 5) is 20.3. The Bertz CT molecular complexity index is 1350. The Morgan fingerprint density at radius 2 is 1.72 bits per heavy atom. The van der Waals surface area contributed by atoms with Gasteiger partial charge in [-0.25, -0.2) is 13.4 Å². The van der Waals surface area contributed by atoms with Gasteiger partial charge in [0.1, 0.15) is 5.82 Å². The fourth-order valence-electron chi connectivity index (χ4n) is 5.10. The molecule has 0 radical (unpaired) electrons. The fourth-order valence-corrected chi connectivity index (χ4v) is 6.65. The number of hydrogen-bond acceptors (Lipinski definition) is 5. The van der Waals surface area contributed by atoms with Crippen LogP contribution in [-0.2, 0) is 14.8 Å². The summed E-state index contributed by atoms with van der Waals surface area (Å²) in [7, 11) is -3.46. The molecule has 1 N–H and O–H groups in total. The molecule has 7 nitrogen and oxygen atoms in total. The number of rotatable bonds is 6. The van der Waals surface area contributed by atoms with E-state index in [-0.39, 0.29) is 11.8 Å². The van der Waals surface area contributed by atoms with Crippen LogP contribution in [0.1, 0.15) is 51.0 Å².